The van der Waals surface area contributed by atoms with Crippen LogP contribution >= 0.6 is 0 Å². The van der Waals surface area contributed by atoms with E-state index in [0.717, 1.165) is 25.5 Å². The van der Waals surface area contributed by atoms with Crippen molar-refractivity contribution in [2.75, 3.05) is 13.1 Å². The van der Waals surface area contributed by atoms with Crippen molar-refractivity contribution in [1.29, 1.82) is 0 Å². The highest BCUT2D eigenvalue weighted by atomic mass is 16.1. The van der Waals surface area contributed by atoms with E-state index in [1.54, 1.807) is 6.20 Å². The Kier molecular flexibility index (Phi) is 5.04. The highest BCUT2D eigenvalue weighted by Crippen LogP contribution is 2.00. The van der Waals surface area contributed by atoms with Gasteiger partial charge < -0.3 is 9.88 Å². The minimum atomic E-state index is 0.247. The van der Waals surface area contributed by atoms with Gasteiger partial charge in [-0.3, -0.25) is 4.79 Å². The molecule has 0 aliphatic rings. The zero-order valence-electron chi connectivity index (χ0n) is 9.49. The van der Waals surface area contributed by atoms with Crippen molar-refractivity contribution in [3.05, 3.63) is 18.2 Å². The average molecular weight is 209 g/mol. The zero-order valence-corrected chi connectivity index (χ0v) is 9.49. The lowest BCUT2D eigenvalue weighted by Crippen LogP contribution is -2.19. The van der Waals surface area contributed by atoms with Crippen LogP contribution in [0.1, 0.15) is 26.1 Å². The van der Waals surface area contributed by atoms with Crippen molar-refractivity contribution < 1.29 is 4.79 Å². The van der Waals surface area contributed by atoms with Gasteiger partial charge in [0, 0.05) is 31.9 Å². The first-order valence-corrected chi connectivity index (χ1v) is 5.50. The van der Waals surface area contributed by atoms with Gasteiger partial charge in [0.15, 0.2) is 0 Å². The molecular weight excluding hydrogens is 190 g/mol. The van der Waals surface area contributed by atoms with Crippen LogP contribution < -0.4 is 5.32 Å². The van der Waals surface area contributed by atoms with E-state index in [2.05, 4.69) is 10.3 Å². The topological polar surface area (TPSA) is 46.9 Å². The molecule has 1 aromatic rings. The monoisotopic (exact) mass is 209 g/mol. The number of hydrogen-bond donors (Lipinski definition) is 1. The summed E-state index contributed by atoms with van der Waals surface area (Å²) in [5.74, 6) is 1.12. The summed E-state index contributed by atoms with van der Waals surface area (Å²) >= 11 is 0. The molecule has 4 heteroatoms. The normalized spacial score (nSPS) is 10.5. The van der Waals surface area contributed by atoms with Gasteiger partial charge in [-0.15, -0.1) is 0 Å². The maximum absolute atomic E-state index is 11.6. The second-order valence-electron chi connectivity index (χ2n) is 3.45. The van der Waals surface area contributed by atoms with Crippen LogP contribution in [0.2, 0.25) is 0 Å². The van der Waals surface area contributed by atoms with E-state index in [0.29, 0.717) is 12.8 Å². The molecule has 0 saturated carbocycles. The third-order valence-electron chi connectivity index (χ3n) is 2.33. The molecule has 0 spiro atoms. The molecule has 0 saturated heterocycles. The molecule has 0 aliphatic heterocycles. The van der Waals surface area contributed by atoms with Gasteiger partial charge in [-0.1, -0.05) is 6.92 Å². The predicted molar refractivity (Wildman–Crippen MR) is 59.8 cm³/mol. The number of imidazole rings is 1. The third-order valence-corrected chi connectivity index (χ3v) is 2.33. The average Bonchev–Trinajstić information content (AvgIpc) is 2.65. The van der Waals surface area contributed by atoms with Crippen molar-refractivity contribution in [2.24, 2.45) is 0 Å². The summed E-state index contributed by atoms with van der Waals surface area (Å²) in [6.45, 7) is 6.64. The fraction of sp³-hybridized carbons (Fsp3) is 0.636. The molecule has 0 bridgehead atoms. The lowest BCUT2D eigenvalue weighted by molar-refractivity contribution is -0.118. The van der Waals surface area contributed by atoms with Crippen LogP contribution in [0.15, 0.2) is 12.4 Å². The second kappa shape index (κ2) is 6.35. The van der Waals surface area contributed by atoms with Gasteiger partial charge >= 0.3 is 0 Å². The number of hydrogen-bond acceptors (Lipinski definition) is 3. The van der Waals surface area contributed by atoms with Crippen molar-refractivity contribution in [1.82, 2.24) is 14.9 Å². The second-order valence-corrected chi connectivity index (χ2v) is 3.45. The van der Waals surface area contributed by atoms with E-state index in [1.807, 2.05) is 24.6 Å². The van der Waals surface area contributed by atoms with E-state index >= 15 is 0 Å². The van der Waals surface area contributed by atoms with Crippen LogP contribution in [-0.4, -0.2) is 28.4 Å². The van der Waals surface area contributed by atoms with E-state index < -0.39 is 0 Å². The van der Waals surface area contributed by atoms with Crippen molar-refractivity contribution in [2.45, 2.75) is 33.2 Å². The van der Waals surface area contributed by atoms with Gasteiger partial charge in [0.05, 0.1) is 6.42 Å². The smallest absolute Gasteiger partial charge is 0.141 e. The molecule has 1 aromatic heterocycles. The van der Waals surface area contributed by atoms with Crippen molar-refractivity contribution in [3.63, 3.8) is 0 Å². The molecule has 15 heavy (non-hydrogen) atoms. The molecule has 1 heterocycles. The lowest BCUT2D eigenvalue weighted by Gasteiger charge is -2.04. The fourth-order valence-corrected chi connectivity index (χ4v) is 1.46. The number of aryl methyl sites for hydroxylation is 1. The number of Topliss-reactive ketones (excluding diaryl/α,β-unsaturated/α-hetero) is 1. The van der Waals surface area contributed by atoms with Crippen LogP contribution in [0.25, 0.3) is 0 Å². The van der Waals surface area contributed by atoms with Crippen molar-refractivity contribution >= 4 is 5.78 Å². The summed E-state index contributed by atoms with van der Waals surface area (Å²) in [6.07, 6.45) is 4.69. The van der Waals surface area contributed by atoms with Gasteiger partial charge in [0.2, 0.25) is 0 Å². The molecule has 0 amide bonds. The van der Waals surface area contributed by atoms with Crippen LogP contribution in [0.3, 0.4) is 0 Å². The van der Waals surface area contributed by atoms with Gasteiger partial charge in [0.25, 0.3) is 0 Å². The van der Waals surface area contributed by atoms with E-state index in [1.165, 1.54) is 0 Å². The number of aromatic nitrogens is 2. The number of ketones is 1. The number of rotatable bonds is 7. The lowest BCUT2D eigenvalue weighted by atomic mass is 10.2. The Bertz CT molecular complexity index is 307. The maximum atomic E-state index is 11.6. The van der Waals surface area contributed by atoms with Crippen LogP contribution in [0.5, 0.6) is 0 Å². The Labute approximate surface area is 90.7 Å². The Balaban J connectivity index is 2.37. The predicted octanol–water partition coefficient (Wildman–Crippen LogP) is 1.01. The molecule has 0 aliphatic carbocycles. The quantitative estimate of drug-likeness (QED) is 0.682. The van der Waals surface area contributed by atoms with Crippen LogP contribution in [0.4, 0.5) is 0 Å². The fourth-order valence-electron chi connectivity index (χ4n) is 1.46. The molecule has 0 unspecified atom stereocenters. The standard InChI is InChI=1S/C11H19N3O/c1-3-12-6-5-10(15)9-11-13-7-8-14(11)4-2/h7-8,12H,3-6,9H2,1-2H3. The largest absolute Gasteiger partial charge is 0.335 e. The third kappa shape index (κ3) is 3.83. The van der Waals surface area contributed by atoms with E-state index in [4.69, 9.17) is 0 Å². The van der Waals surface area contributed by atoms with Gasteiger partial charge in [-0.25, -0.2) is 4.98 Å². The summed E-state index contributed by atoms with van der Waals surface area (Å²) < 4.78 is 2.01. The Morgan fingerprint density at radius 1 is 1.53 bits per heavy atom. The molecule has 84 valence electrons. The molecule has 0 atom stereocenters. The number of carbonyl (C=O) groups excluding carboxylic acids is 1. The summed E-state index contributed by atoms with van der Waals surface area (Å²) in [7, 11) is 0. The molecule has 0 fully saturated rings. The molecule has 0 aromatic carbocycles. The summed E-state index contributed by atoms with van der Waals surface area (Å²) in [4.78, 5) is 15.7. The first kappa shape index (κ1) is 11.9. The van der Waals surface area contributed by atoms with E-state index in [-0.39, 0.29) is 5.78 Å². The van der Waals surface area contributed by atoms with Crippen LogP contribution in [-0.2, 0) is 17.8 Å². The first-order chi connectivity index (χ1) is 7.27. The highest BCUT2D eigenvalue weighted by Gasteiger charge is 2.07. The summed E-state index contributed by atoms with van der Waals surface area (Å²) in [5, 5.41) is 3.14. The highest BCUT2D eigenvalue weighted by molar-refractivity contribution is 5.80. The maximum Gasteiger partial charge on any atom is 0.141 e. The van der Waals surface area contributed by atoms with E-state index in [9.17, 15) is 4.79 Å². The van der Waals surface area contributed by atoms with Gasteiger partial charge in [-0.05, 0) is 13.5 Å². The molecular formula is C11H19N3O. The number of nitrogens with one attached hydrogen (secondary N) is 1. The Morgan fingerprint density at radius 2 is 2.33 bits per heavy atom. The Hall–Kier alpha value is -1.16. The number of nitrogens with zero attached hydrogens (tertiary/aromatic N) is 2. The SMILES string of the molecule is CCNCCC(=O)Cc1nccn1CC. The number of carbonyl (C=O) groups is 1. The minimum Gasteiger partial charge on any atom is -0.335 e. The van der Waals surface area contributed by atoms with Crippen LogP contribution in [0, 0.1) is 0 Å². The summed E-state index contributed by atoms with van der Waals surface area (Å²) in [5.41, 5.74) is 0. The minimum absolute atomic E-state index is 0.247. The Morgan fingerprint density at radius 3 is 3.00 bits per heavy atom. The van der Waals surface area contributed by atoms with Gasteiger partial charge in [0.1, 0.15) is 11.6 Å². The molecule has 1 rings (SSSR count). The van der Waals surface area contributed by atoms with Crippen molar-refractivity contribution in [3.8, 4) is 0 Å². The van der Waals surface area contributed by atoms with Gasteiger partial charge in [-0.2, -0.15) is 0 Å². The molecule has 0 radical (unpaired) electrons. The molecule has 1 N–H and O–H groups in total. The summed E-state index contributed by atoms with van der Waals surface area (Å²) in [6, 6.07) is 0. The first-order valence-electron chi connectivity index (χ1n) is 5.50. The zero-order chi connectivity index (χ0) is 11.1. The molecule has 4 nitrogen and oxygen atoms in total.